The molecule has 4 atom stereocenters. The fourth-order valence-electron chi connectivity index (χ4n) is 2.16. The van der Waals surface area contributed by atoms with Crippen molar-refractivity contribution in [3.8, 4) is 0 Å². The predicted molar refractivity (Wildman–Crippen MR) is 56.7 cm³/mol. The van der Waals surface area contributed by atoms with Crippen molar-refractivity contribution in [1.82, 2.24) is 0 Å². The molecule has 4 nitrogen and oxygen atoms in total. The van der Waals surface area contributed by atoms with Gasteiger partial charge in [0.1, 0.15) is 12.3 Å². The normalized spacial score (nSPS) is 35.8. The summed E-state index contributed by atoms with van der Waals surface area (Å²) >= 11 is 0. The molecule has 0 aromatic heterocycles. The van der Waals surface area contributed by atoms with E-state index < -0.39 is 5.97 Å². The van der Waals surface area contributed by atoms with E-state index in [1.165, 1.54) is 0 Å². The number of carboxylic acids is 1. The van der Waals surface area contributed by atoms with E-state index in [1.54, 1.807) is 0 Å². The molecule has 4 unspecified atom stereocenters. The number of hydrogen-bond acceptors (Lipinski definition) is 3. The summed E-state index contributed by atoms with van der Waals surface area (Å²) in [5.74, 6) is -0.688. The highest BCUT2D eigenvalue weighted by molar-refractivity contribution is 5.75. The maximum Gasteiger partial charge on any atom is 0.307 e. The lowest BCUT2D eigenvalue weighted by Crippen LogP contribution is -2.01. The maximum absolute atomic E-state index is 10.7. The number of carbonyl (C=O) groups is 1. The Hall–Kier alpha value is -1.39. The monoisotopic (exact) mass is 219 g/mol. The first kappa shape index (κ1) is 9.81. The molecule has 84 valence electrons. The Morgan fingerprint density at radius 3 is 2.31 bits per heavy atom. The molecule has 3 N–H and O–H groups in total. The van der Waals surface area contributed by atoms with E-state index in [9.17, 15) is 4.79 Å². The molecule has 1 saturated carbocycles. The van der Waals surface area contributed by atoms with Gasteiger partial charge in [-0.1, -0.05) is 24.3 Å². The van der Waals surface area contributed by atoms with E-state index >= 15 is 0 Å². The van der Waals surface area contributed by atoms with Crippen molar-refractivity contribution >= 4 is 5.97 Å². The number of carboxylic acid groups (broad SMARTS) is 1. The van der Waals surface area contributed by atoms with Crippen molar-refractivity contribution in [2.24, 2.45) is 11.7 Å². The van der Waals surface area contributed by atoms with Crippen LogP contribution in [0.25, 0.3) is 0 Å². The topological polar surface area (TPSA) is 75.8 Å². The van der Waals surface area contributed by atoms with Crippen molar-refractivity contribution in [3.63, 3.8) is 0 Å². The average molecular weight is 219 g/mol. The van der Waals surface area contributed by atoms with Crippen LogP contribution in [0.5, 0.6) is 0 Å². The Balaban J connectivity index is 1.72. The van der Waals surface area contributed by atoms with Gasteiger partial charge in [0, 0.05) is 0 Å². The second-order valence-electron chi connectivity index (χ2n) is 4.47. The molecule has 1 heterocycles. The Morgan fingerprint density at radius 1 is 1.31 bits per heavy atom. The van der Waals surface area contributed by atoms with Gasteiger partial charge in [0.25, 0.3) is 0 Å². The van der Waals surface area contributed by atoms with Gasteiger partial charge in [0.05, 0.1) is 5.92 Å². The molecular formula is C12H13NO3. The van der Waals surface area contributed by atoms with Crippen molar-refractivity contribution < 1.29 is 14.6 Å². The molecule has 0 spiro atoms. The van der Waals surface area contributed by atoms with Crippen LogP contribution in [-0.4, -0.2) is 17.3 Å². The van der Waals surface area contributed by atoms with E-state index in [0.29, 0.717) is 0 Å². The van der Waals surface area contributed by atoms with Crippen molar-refractivity contribution in [1.29, 1.82) is 0 Å². The van der Waals surface area contributed by atoms with Gasteiger partial charge >= 0.3 is 5.97 Å². The summed E-state index contributed by atoms with van der Waals surface area (Å²) in [6.45, 7) is 0. The summed E-state index contributed by atoms with van der Waals surface area (Å²) in [6.07, 6.45) is 0.621. The van der Waals surface area contributed by atoms with Crippen LogP contribution in [0.1, 0.15) is 29.6 Å². The van der Waals surface area contributed by atoms with E-state index in [2.05, 4.69) is 0 Å². The Bertz CT molecular complexity index is 428. The fraction of sp³-hybridized carbons (Fsp3) is 0.417. The van der Waals surface area contributed by atoms with Crippen LogP contribution in [0.2, 0.25) is 0 Å². The highest BCUT2D eigenvalue weighted by atomic mass is 16.6. The number of hydrogen-bond donors (Lipinski definition) is 2. The van der Waals surface area contributed by atoms with Crippen molar-refractivity contribution in [3.05, 3.63) is 35.4 Å². The average Bonchev–Trinajstić information content (AvgIpc) is 3.12. The lowest BCUT2D eigenvalue weighted by atomic mass is 10.0. The third-order valence-electron chi connectivity index (χ3n) is 3.33. The van der Waals surface area contributed by atoms with Gasteiger partial charge in [-0.05, 0) is 23.5 Å². The highest BCUT2D eigenvalue weighted by Gasteiger charge is 2.44. The number of rotatable bonds is 3. The molecule has 1 saturated heterocycles. The van der Waals surface area contributed by atoms with E-state index in [4.69, 9.17) is 15.6 Å². The van der Waals surface area contributed by atoms with E-state index in [0.717, 1.165) is 17.5 Å². The first-order valence-electron chi connectivity index (χ1n) is 5.40. The van der Waals surface area contributed by atoms with Gasteiger partial charge in [-0.25, -0.2) is 0 Å². The van der Waals surface area contributed by atoms with Crippen LogP contribution in [0.4, 0.5) is 0 Å². The second-order valence-corrected chi connectivity index (χ2v) is 4.47. The van der Waals surface area contributed by atoms with Gasteiger partial charge in [0.2, 0.25) is 0 Å². The van der Waals surface area contributed by atoms with Crippen LogP contribution < -0.4 is 5.73 Å². The van der Waals surface area contributed by atoms with Crippen LogP contribution in [-0.2, 0) is 9.53 Å². The van der Waals surface area contributed by atoms with Gasteiger partial charge in [-0.3, -0.25) is 4.79 Å². The summed E-state index contributed by atoms with van der Waals surface area (Å²) in [7, 11) is 0. The number of benzene rings is 1. The van der Waals surface area contributed by atoms with Crippen molar-refractivity contribution in [2.45, 2.75) is 24.7 Å². The number of nitrogens with two attached hydrogens (primary N) is 1. The van der Waals surface area contributed by atoms with Gasteiger partial charge in [-0.15, -0.1) is 0 Å². The van der Waals surface area contributed by atoms with E-state index in [1.807, 2.05) is 24.3 Å². The molecule has 1 aromatic rings. The fourth-order valence-corrected chi connectivity index (χ4v) is 2.16. The minimum Gasteiger partial charge on any atom is -0.481 e. The molecule has 1 aliphatic carbocycles. The molecule has 2 fully saturated rings. The second kappa shape index (κ2) is 3.30. The zero-order valence-corrected chi connectivity index (χ0v) is 8.67. The SMILES string of the molecule is NC1OC1c1ccc(C2CC2C(=O)O)cc1. The largest absolute Gasteiger partial charge is 0.481 e. The quantitative estimate of drug-likeness (QED) is 0.750. The third-order valence-corrected chi connectivity index (χ3v) is 3.33. The van der Waals surface area contributed by atoms with Crippen molar-refractivity contribution in [2.75, 3.05) is 0 Å². The minimum absolute atomic E-state index is 0.0310. The third kappa shape index (κ3) is 1.60. The lowest BCUT2D eigenvalue weighted by Gasteiger charge is -2.00. The van der Waals surface area contributed by atoms with Gasteiger partial charge in [0.15, 0.2) is 0 Å². The minimum atomic E-state index is -0.693. The predicted octanol–water partition coefficient (Wildman–Crippen LogP) is 1.23. The Morgan fingerprint density at radius 2 is 1.88 bits per heavy atom. The highest BCUT2D eigenvalue weighted by Crippen LogP contribution is 2.48. The smallest absolute Gasteiger partial charge is 0.307 e. The van der Waals surface area contributed by atoms with E-state index in [-0.39, 0.29) is 24.2 Å². The van der Waals surface area contributed by atoms with Crippen LogP contribution in [0.3, 0.4) is 0 Å². The summed E-state index contributed by atoms with van der Waals surface area (Å²) < 4.78 is 5.16. The first-order valence-corrected chi connectivity index (χ1v) is 5.40. The Labute approximate surface area is 93.0 Å². The first-order chi connectivity index (χ1) is 7.66. The summed E-state index contributed by atoms with van der Waals surface area (Å²) in [5.41, 5.74) is 7.75. The number of epoxide rings is 1. The maximum atomic E-state index is 10.7. The number of ether oxygens (including phenoxy) is 1. The zero-order valence-electron chi connectivity index (χ0n) is 8.67. The van der Waals surface area contributed by atoms with Crippen LogP contribution in [0, 0.1) is 5.92 Å². The summed E-state index contributed by atoms with van der Waals surface area (Å²) in [5, 5.41) is 8.84. The molecule has 1 aromatic carbocycles. The van der Waals surface area contributed by atoms with Crippen LogP contribution in [0.15, 0.2) is 24.3 Å². The molecule has 0 radical (unpaired) electrons. The molecule has 2 aliphatic rings. The molecular weight excluding hydrogens is 206 g/mol. The lowest BCUT2D eigenvalue weighted by molar-refractivity contribution is -0.138. The molecule has 16 heavy (non-hydrogen) atoms. The molecule has 0 bridgehead atoms. The summed E-state index contributed by atoms with van der Waals surface area (Å²) in [4.78, 5) is 10.7. The van der Waals surface area contributed by atoms with Gasteiger partial charge < -0.3 is 15.6 Å². The molecule has 3 rings (SSSR count). The molecule has 1 aliphatic heterocycles. The number of aliphatic carboxylic acids is 1. The Kier molecular flexibility index (Phi) is 2.02. The van der Waals surface area contributed by atoms with Gasteiger partial charge in [-0.2, -0.15) is 0 Å². The standard InChI is InChI=1S/C12H13NO3/c13-11-10(16-11)7-3-1-6(2-4-7)8-5-9(8)12(14)15/h1-4,8-11H,5,13H2,(H,14,15). The van der Waals surface area contributed by atoms with Crippen LogP contribution >= 0.6 is 0 Å². The molecule has 0 amide bonds. The molecule has 4 heteroatoms. The zero-order chi connectivity index (χ0) is 11.3. The summed E-state index contributed by atoms with van der Waals surface area (Å²) in [6, 6.07) is 7.92.